The first-order chi connectivity index (χ1) is 14.4. The van der Waals surface area contributed by atoms with Gasteiger partial charge in [0, 0.05) is 17.0 Å². The molecule has 1 aromatic carbocycles. The number of nitrogens with one attached hydrogen (secondary N) is 2. The van der Waals surface area contributed by atoms with Crippen LogP contribution in [0.15, 0.2) is 34.6 Å². The molecule has 4 rings (SSSR count). The summed E-state index contributed by atoms with van der Waals surface area (Å²) in [4.78, 5) is 20.9. The van der Waals surface area contributed by atoms with Crippen molar-refractivity contribution in [1.82, 2.24) is 29.8 Å². The van der Waals surface area contributed by atoms with E-state index in [1.54, 1.807) is 12.1 Å². The monoisotopic (exact) mass is 406 g/mol. The largest absolute Gasteiger partial charge is 0.340 e. The number of allylic oxidation sites excluding steroid dienone is 1. The molecule has 3 heterocycles. The minimum absolute atomic E-state index is 0.138. The van der Waals surface area contributed by atoms with Gasteiger partial charge >= 0.3 is 5.56 Å². The Kier molecular flexibility index (Phi) is 5.07. The Labute approximate surface area is 172 Å². The number of fused-ring (bicyclic) bond motifs is 1. The Morgan fingerprint density at radius 1 is 1.20 bits per heavy atom. The molecule has 30 heavy (non-hydrogen) atoms. The number of H-pyrrole nitrogens is 2. The van der Waals surface area contributed by atoms with Gasteiger partial charge in [-0.1, -0.05) is 31.6 Å². The van der Waals surface area contributed by atoms with E-state index < -0.39 is 0 Å². The molecular formula is C22H23FN6O. The second-order valence-corrected chi connectivity index (χ2v) is 7.28. The summed E-state index contributed by atoms with van der Waals surface area (Å²) in [5, 5.41) is 11.6. The fourth-order valence-corrected chi connectivity index (χ4v) is 3.36. The molecule has 8 heteroatoms. The highest BCUT2D eigenvalue weighted by atomic mass is 19.1. The van der Waals surface area contributed by atoms with Crippen molar-refractivity contribution in [3.05, 3.63) is 63.1 Å². The van der Waals surface area contributed by atoms with Gasteiger partial charge in [-0.3, -0.25) is 9.89 Å². The van der Waals surface area contributed by atoms with E-state index in [2.05, 4.69) is 32.2 Å². The molecule has 0 aliphatic rings. The molecule has 0 radical (unpaired) electrons. The molecule has 0 saturated heterocycles. The lowest BCUT2D eigenvalue weighted by molar-refractivity contribution is 0.628. The first-order valence-electron chi connectivity index (χ1n) is 9.93. The Hall–Kier alpha value is -3.55. The van der Waals surface area contributed by atoms with Crippen LogP contribution in [0.3, 0.4) is 0 Å². The Morgan fingerprint density at radius 2 is 1.93 bits per heavy atom. The van der Waals surface area contributed by atoms with Gasteiger partial charge in [0.25, 0.3) is 0 Å². The first kappa shape index (κ1) is 19.8. The number of hydrogen-bond acceptors (Lipinski definition) is 4. The molecule has 7 nitrogen and oxygen atoms in total. The van der Waals surface area contributed by atoms with Crippen molar-refractivity contribution in [3.8, 4) is 22.6 Å². The Morgan fingerprint density at radius 3 is 2.60 bits per heavy atom. The average Bonchev–Trinajstić information content (AvgIpc) is 3.29. The van der Waals surface area contributed by atoms with Gasteiger partial charge in [0.2, 0.25) is 0 Å². The summed E-state index contributed by atoms with van der Waals surface area (Å²) < 4.78 is 14.7. The summed E-state index contributed by atoms with van der Waals surface area (Å²) in [6.07, 6.45) is 3.57. The summed E-state index contributed by atoms with van der Waals surface area (Å²) in [5.41, 5.74) is 5.35. The maximum atomic E-state index is 13.4. The lowest BCUT2D eigenvalue weighted by Gasteiger charge is -2.01. The van der Waals surface area contributed by atoms with E-state index >= 15 is 0 Å². The zero-order valence-corrected chi connectivity index (χ0v) is 17.4. The summed E-state index contributed by atoms with van der Waals surface area (Å²) in [6.45, 7) is 8.00. The number of nitrogens with zero attached hydrogens (tertiary/aromatic N) is 4. The van der Waals surface area contributed by atoms with Crippen molar-refractivity contribution in [2.45, 2.75) is 40.5 Å². The number of aryl methyl sites for hydroxylation is 2. The van der Waals surface area contributed by atoms with Crippen molar-refractivity contribution >= 4 is 11.7 Å². The van der Waals surface area contributed by atoms with Crippen LogP contribution in [0, 0.1) is 12.7 Å². The van der Waals surface area contributed by atoms with E-state index in [0.717, 1.165) is 34.6 Å². The van der Waals surface area contributed by atoms with Crippen LogP contribution >= 0.6 is 0 Å². The first-order valence-corrected chi connectivity index (χ1v) is 9.93. The topological polar surface area (TPSA) is 91.7 Å². The van der Waals surface area contributed by atoms with Crippen molar-refractivity contribution in [2.75, 3.05) is 0 Å². The normalized spacial score (nSPS) is 12.1. The molecule has 154 valence electrons. The van der Waals surface area contributed by atoms with Gasteiger partial charge in [0.05, 0.1) is 5.69 Å². The SMILES string of the molecule is CC/C(C)=C\c1nc(-c2nnc3c(-c4ccc(F)cc4)c(CC)[nH]n3c2=O)[nH]c1C. The molecule has 0 unspecified atom stereocenters. The van der Waals surface area contributed by atoms with E-state index in [1.165, 1.54) is 22.2 Å². The van der Waals surface area contributed by atoms with E-state index in [9.17, 15) is 9.18 Å². The van der Waals surface area contributed by atoms with Gasteiger partial charge in [-0.25, -0.2) is 9.37 Å². The van der Waals surface area contributed by atoms with Crippen LogP contribution in [-0.4, -0.2) is 29.8 Å². The number of rotatable bonds is 5. The third-order valence-corrected chi connectivity index (χ3v) is 5.21. The van der Waals surface area contributed by atoms with Crippen molar-refractivity contribution in [1.29, 1.82) is 0 Å². The molecule has 2 N–H and O–H groups in total. The third kappa shape index (κ3) is 3.34. The number of imidazole rings is 1. The van der Waals surface area contributed by atoms with Gasteiger partial charge in [-0.15, -0.1) is 10.2 Å². The molecule has 0 fully saturated rings. The van der Waals surface area contributed by atoms with Crippen molar-refractivity contribution in [2.24, 2.45) is 0 Å². The molecule has 4 aromatic rings. The molecule has 0 atom stereocenters. The van der Waals surface area contributed by atoms with Gasteiger partial charge in [-0.2, -0.15) is 4.52 Å². The highest BCUT2D eigenvalue weighted by Crippen LogP contribution is 2.27. The van der Waals surface area contributed by atoms with Gasteiger partial charge in [0.1, 0.15) is 5.82 Å². The number of hydrogen-bond donors (Lipinski definition) is 2. The summed E-state index contributed by atoms with van der Waals surface area (Å²) in [5.74, 6) is 0.0593. The highest BCUT2D eigenvalue weighted by Gasteiger charge is 2.20. The minimum Gasteiger partial charge on any atom is -0.340 e. The van der Waals surface area contributed by atoms with Crippen LogP contribution in [-0.2, 0) is 6.42 Å². The summed E-state index contributed by atoms with van der Waals surface area (Å²) in [7, 11) is 0. The van der Waals surface area contributed by atoms with Gasteiger partial charge in [0.15, 0.2) is 17.2 Å². The highest BCUT2D eigenvalue weighted by molar-refractivity contribution is 5.80. The number of benzene rings is 1. The molecule has 0 spiro atoms. The molecule has 0 bridgehead atoms. The molecule has 3 aromatic heterocycles. The van der Waals surface area contributed by atoms with Crippen LogP contribution in [0.4, 0.5) is 4.39 Å². The molecule has 0 aliphatic heterocycles. The van der Waals surface area contributed by atoms with Gasteiger partial charge in [-0.05, 0) is 50.5 Å². The van der Waals surface area contributed by atoms with E-state index in [4.69, 9.17) is 0 Å². The maximum absolute atomic E-state index is 13.4. The summed E-state index contributed by atoms with van der Waals surface area (Å²) in [6, 6.07) is 6.11. The molecular weight excluding hydrogens is 383 g/mol. The summed E-state index contributed by atoms with van der Waals surface area (Å²) >= 11 is 0. The van der Waals surface area contributed by atoms with Crippen molar-refractivity contribution in [3.63, 3.8) is 0 Å². The fourth-order valence-electron chi connectivity index (χ4n) is 3.36. The van der Waals surface area contributed by atoms with Crippen LogP contribution in [0.1, 0.15) is 44.3 Å². The lowest BCUT2D eigenvalue weighted by Crippen LogP contribution is -2.20. The predicted molar refractivity (Wildman–Crippen MR) is 115 cm³/mol. The predicted octanol–water partition coefficient (Wildman–Crippen LogP) is 4.30. The van der Waals surface area contributed by atoms with Crippen LogP contribution in [0.2, 0.25) is 0 Å². The zero-order valence-electron chi connectivity index (χ0n) is 17.4. The fraction of sp³-hybridized carbons (Fsp3) is 0.273. The molecule has 0 saturated carbocycles. The third-order valence-electron chi connectivity index (χ3n) is 5.21. The number of aromatic amines is 2. The number of halogens is 1. The standard InChI is InChI=1S/C22H23FN6O/c1-5-12(3)11-17-13(4)24-20(25-17)19-22(30)29-21(27-26-19)18(16(6-2)28-29)14-7-9-15(23)10-8-14/h7-11,28H,5-6H2,1-4H3,(H,24,25)/b12-11-. The van der Waals surface area contributed by atoms with E-state index in [0.29, 0.717) is 17.9 Å². The smallest absolute Gasteiger partial charge is 0.302 e. The lowest BCUT2D eigenvalue weighted by atomic mass is 10.0. The van der Waals surface area contributed by atoms with Crippen LogP contribution < -0.4 is 5.56 Å². The number of aromatic nitrogens is 6. The zero-order chi connectivity index (χ0) is 21.4. The maximum Gasteiger partial charge on any atom is 0.302 e. The molecule has 0 aliphatic carbocycles. The van der Waals surface area contributed by atoms with Crippen molar-refractivity contribution < 1.29 is 4.39 Å². The quantitative estimate of drug-likeness (QED) is 0.517. The van der Waals surface area contributed by atoms with Gasteiger partial charge < -0.3 is 4.98 Å². The van der Waals surface area contributed by atoms with Crippen LogP contribution in [0.5, 0.6) is 0 Å². The van der Waals surface area contributed by atoms with E-state index in [1.807, 2.05) is 26.8 Å². The van der Waals surface area contributed by atoms with E-state index in [-0.39, 0.29) is 17.1 Å². The Bertz CT molecular complexity index is 1310. The molecule has 0 amide bonds. The Balaban J connectivity index is 1.88. The minimum atomic E-state index is -0.348. The second kappa shape index (κ2) is 7.70. The second-order valence-electron chi connectivity index (χ2n) is 7.28. The van der Waals surface area contributed by atoms with Crippen LogP contribution in [0.25, 0.3) is 34.4 Å². The average molecular weight is 406 g/mol.